The van der Waals surface area contributed by atoms with Gasteiger partial charge >= 0.3 is 0 Å². The number of carbonyl (C=O) groups is 1. The smallest absolute Gasteiger partial charge is 0.220 e. The van der Waals surface area contributed by atoms with Crippen LogP contribution in [0.2, 0.25) is 0 Å². The molecule has 20 heavy (non-hydrogen) atoms. The van der Waals surface area contributed by atoms with Gasteiger partial charge in [-0.2, -0.15) is 5.26 Å². The number of rotatable bonds is 4. The van der Waals surface area contributed by atoms with Crippen molar-refractivity contribution in [1.29, 1.82) is 5.26 Å². The zero-order valence-corrected chi connectivity index (χ0v) is 13.0. The molecule has 0 aliphatic heterocycles. The fraction of sp³-hybridized carbons (Fsp3) is 0.500. The first-order valence-electron chi connectivity index (χ1n) is 7.11. The van der Waals surface area contributed by atoms with Crippen molar-refractivity contribution in [2.24, 2.45) is 5.92 Å². The van der Waals surface area contributed by atoms with Crippen molar-refractivity contribution in [2.45, 2.75) is 44.6 Å². The molecule has 1 aliphatic carbocycles. The third-order valence-corrected chi connectivity index (χ3v) is 4.30. The van der Waals surface area contributed by atoms with E-state index in [2.05, 4.69) is 27.3 Å². The van der Waals surface area contributed by atoms with E-state index in [1.807, 2.05) is 24.3 Å². The highest BCUT2D eigenvalue weighted by molar-refractivity contribution is 9.10. The molecule has 1 N–H and O–H groups in total. The molecule has 0 radical (unpaired) electrons. The molecular formula is C16H19BrN2O. The Morgan fingerprint density at radius 1 is 1.35 bits per heavy atom. The SMILES string of the molecule is N#CC1CCC(NC(=O)CCc2cccc(Br)c2)CC1. The topological polar surface area (TPSA) is 52.9 Å². The van der Waals surface area contributed by atoms with Crippen LogP contribution in [0.1, 0.15) is 37.7 Å². The fourth-order valence-corrected chi connectivity index (χ4v) is 3.06. The van der Waals surface area contributed by atoms with Crippen molar-refractivity contribution in [1.82, 2.24) is 5.32 Å². The predicted molar refractivity (Wildman–Crippen MR) is 82.0 cm³/mol. The molecular weight excluding hydrogens is 316 g/mol. The van der Waals surface area contributed by atoms with E-state index in [-0.39, 0.29) is 17.9 Å². The van der Waals surface area contributed by atoms with Crippen LogP contribution in [-0.2, 0) is 11.2 Å². The first-order chi connectivity index (χ1) is 9.67. The number of hydrogen-bond donors (Lipinski definition) is 1. The minimum Gasteiger partial charge on any atom is -0.353 e. The van der Waals surface area contributed by atoms with E-state index in [4.69, 9.17) is 5.26 Å². The number of nitriles is 1. The first kappa shape index (κ1) is 15.1. The van der Waals surface area contributed by atoms with Crippen LogP contribution in [0.4, 0.5) is 0 Å². The van der Waals surface area contributed by atoms with Gasteiger partial charge in [0, 0.05) is 22.9 Å². The average Bonchev–Trinajstić information content (AvgIpc) is 2.46. The second-order valence-electron chi connectivity index (χ2n) is 5.38. The summed E-state index contributed by atoms with van der Waals surface area (Å²) in [4.78, 5) is 11.9. The number of nitrogens with zero attached hydrogens (tertiary/aromatic N) is 1. The van der Waals surface area contributed by atoms with E-state index >= 15 is 0 Å². The summed E-state index contributed by atoms with van der Waals surface area (Å²) in [7, 11) is 0. The summed E-state index contributed by atoms with van der Waals surface area (Å²) in [5.41, 5.74) is 1.17. The maximum Gasteiger partial charge on any atom is 0.220 e. The number of amides is 1. The van der Waals surface area contributed by atoms with Gasteiger partial charge in [-0.05, 0) is 49.8 Å². The van der Waals surface area contributed by atoms with Crippen LogP contribution in [0.15, 0.2) is 28.7 Å². The summed E-state index contributed by atoms with van der Waals surface area (Å²) in [6.45, 7) is 0. The molecule has 0 aromatic heterocycles. The highest BCUT2D eigenvalue weighted by Crippen LogP contribution is 2.23. The lowest BCUT2D eigenvalue weighted by Gasteiger charge is -2.25. The Balaban J connectivity index is 1.72. The normalized spacial score (nSPS) is 22.0. The van der Waals surface area contributed by atoms with E-state index in [1.165, 1.54) is 5.56 Å². The minimum absolute atomic E-state index is 0.116. The zero-order valence-electron chi connectivity index (χ0n) is 11.4. The molecule has 3 nitrogen and oxygen atoms in total. The summed E-state index contributed by atoms with van der Waals surface area (Å²) in [5.74, 6) is 0.301. The van der Waals surface area contributed by atoms with Crippen LogP contribution in [0.3, 0.4) is 0 Å². The standard InChI is InChI=1S/C16H19BrN2O/c17-14-3-1-2-12(10-14)6-9-16(20)19-15-7-4-13(11-18)5-8-15/h1-3,10,13,15H,4-9H2,(H,19,20). The molecule has 0 spiro atoms. The Bertz CT molecular complexity index is 501. The van der Waals surface area contributed by atoms with Gasteiger partial charge in [-0.3, -0.25) is 4.79 Å². The van der Waals surface area contributed by atoms with Crippen molar-refractivity contribution >= 4 is 21.8 Å². The number of carbonyl (C=O) groups excluding carboxylic acids is 1. The Kier molecular flexibility index (Phi) is 5.60. The van der Waals surface area contributed by atoms with Crippen molar-refractivity contribution in [3.05, 3.63) is 34.3 Å². The quantitative estimate of drug-likeness (QED) is 0.914. The highest BCUT2D eigenvalue weighted by Gasteiger charge is 2.21. The number of benzene rings is 1. The van der Waals surface area contributed by atoms with Gasteiger partial charge in [-0.15, -0.1) is 0 Å². The summed E-state index contributed by atoms with van der Waals surface area (Å²) < 4.78 is 1.05. The molecule has 4 heteroatoms. The Morgan fingerprint density at radius 2 is 2.10 bits per heavy atom. The maximum absolute atomic E-state index is 11.9. The summed E-state index contributed by atoms with van der Waals surface area (Å²) >= 11 is 3.43. The molecule has 1 aliphatic rings. The number of aryl methyl sites for hydroxylation is 1. The van der Waals surface area contributed by atoms with Crippen LogP contribution >= 0.6 is 15.9 Å². The van der Waals surface area contributed by atoms with Crippen molar-refractivity contribution < 1.29 is 4.79 Å². The van der Waals surface area contributed by atoms with Crippen LogP contribution in [-0.4, -0.2) is 11.9 Å². The van der Waals surface area contributed by atoms with E-state index in [0.29, 0.717) is 6.42 Å². The molecule has 0 unspecified atom stereocenters. The summed E-state index contributed by atoms with van der Waals surface area (Å²) in [6.07, 6.45) is 4.97. The molecule has 1 saturated carbocycles. The van der Waals surface area contributed by atoms with Crippen LogP contribution in [0.5, 0.6) is 0 Å². The summed E-state index contributed by atoms with van der Waals surface area (Å²) in [5, 5.41) is 11.9. The molecule has 0 saturated heterocycles. The third kappa shape index (κ3) is 4.64. The molecule has 1 aromatic carbocycles. The van der Waals surface area contributed by atoms with E-state index in [9.17, 15) is 4.79 Å². The second-order valence-corrected chi connectivity index (χ2v) is 6.29. The van der Waals surface area contributed by atoms with Crippen LogP contribution in [0, 0.1) is 17.2 Å². The lowest BCUT2D eigenvalue weighted by atomic mass is 9.87. The molecule has 0 bridgehead atoms. The van der Waals surface area contributed by atoms with Crippen molar-refractivity contribution in [2.75, 3.05) is 0 Å². The lowest BCUT2D eigenvalue weighted by molar-refractivity contribution is -0.122. The van der Waals surface area contributed by atoms with E-state index < -0.39 is 0 Å². The number of hydrogen-bond acceptors (Lipinski definition) is 2. The molecule has 1 amide bonds. The van der Waals surface area contributed by atoms with Gasteiger partial charge in [0.05, 0.1) is 6.07 Å². The largest absolute Gasteiger partial charge is 0.353 e. The zero-order chi connectivity index (χ0) is 14.4. The van der Waals surface area contributed by atoms with Crippen molar-refractivity contribution in [3.8, 4) is 6.07 Å². The molecule has 0 heterocycles. The lowest BCUT2D eigenvalue weighted by Crippen LogP contribution is -2.37. The predicted octanol–water partition coefficient (Wildman–Crippen LogP) is 3.58. The second kappa shape index (κ2) is 7.44. The maximum atomic E-state index is 11.9. The van der Waals surface area contributed by atoms with Crippen molar-refractivity contribution in [3.63, 3.8) is 0 Å². The van der Waals surface area contributed by atoms with E-state index in [1.54, 1.807) is 0 Å². The fourth-order valence-electron chi connectivity index (χ4n) is 2.62. The third-order valence-electron chi connectivity index (χ3n) is 3.80. The molecule has 2 rings (SSSR count). The van der Waals surface area contributed by atoms with Gasteiger partial charge in [0.25, 0.3) is 0 Å². The Labute approximate surface area is 128 Å². The minimum atomic E-state index is 0.116. The number of halogens is 1. The molecule has 106 valence electrons. The summed E-state index contributed by atoms with van der Waals surface area (Å²) in [6, 6.07) is 10.6. The van der Waals surface area contributed by atoms with Gasteiger partial charge in [0.15, 0.2) is 0 Å². The number of nitrogens with one attached hydrogen (secondary N) is 1. The van der Waals surface area contributed by atoms with E-state index in [0.717, 1.165) is 36.6 Å². The first-order valence-corrected chi connectivity index (χ1v) is 7.90. The monoisotopic (exact) mass is 334 g/mol. The Hall–Kier alpha value is -1.34. The van der Waals surface area contributed by atoms with Gasteiger partial charge in [0.2, 0.25) is 5.91 Å². The molecule has 1 fully saturated rings. The molecule has 1 aromatic rings. The van der Waals surface area contributed by atoms with Crippen LogP contribution < -0.4 is 5.32 Å². The van der Waals surface area contributed by atoms with Gasteiger partial charge in [-0.25, -0.2) is 0 Å². The average molecular weight is 335 g/mol. The van der Waals surface area contributed by atoms with Gasteiger partial charge in [-0.1, -0.05) is 28.1 Å². The van der Waals surface area contributed by atoms with Gasteiger partial charge < -0.3 is 5.32 Å². The Morgan fingerprint density at radius 3 is 2.75 bits per heavy atom. The molecule has 0 atom stereocenters. The van der Waals surface area contributed by atoms with Crippen LogP contribution in [0.25, 0.3) is 0 Å². The van der Waals surface area contributed by atoms with Gasteiger partial charge in [0.1, 0.15) is 0 Å². The highest BCUT2D eigenvalue weighted by atomic mass is 79.9.